The van der Waals surface area contributed by atoms with Gasteiger partial charge in [-0.3, -0.25) is 4.79 Å². The van der Waals surface area contributed by atoms with E-state index >= 15 is 0 Å². The normalized spacial score (nSPS) is 19.8. The van der Waals surface area contributed by atoms with E-state index < -0.39 is 12.1 Å². The van der Waals surface area contributed by atoms with Gasteiger partial charge in [-0.25, -0.2) is 9.78 Å². The molecule has 2 aromatic rings. The molecule has 0 aromatic carbocycles. The second kappa shape index (κ2) is 10.3. The van der Waals surface area contributed by atoms with Crippen LogP contribution in [-0.4, -0.2) is 64.4 Å². The molecule has 11 heteroatoms. The molecule has 2 saturated heterocycles. The minimum absolute atomic E-state index is 0.0447. The van der Waals surface area contributed by atoms with Gasteiger partial charge in [0.25, 0.3) is 0 Å². The monoisotopic (exact) mass is 472 g/mol. The smallest absolute Gasteiger partial charge is 0.475 e. The number of aliphatic carboxylic acids is 1. The number of aromatic nitrogens is 1. The highest BCUT2D eigenvalue weighted by molar-refractivity contribution is 7.10. The summed E-state index contributed by atoms with van der Waals surface area (Å²) in [4.78, 5) is 28.6. The summed E-state index contributed by atoms with van der Waals surface area (Å²) in [5, 5.41) is 9.14. The van der Waals surface area contributed by atoms with Crippen molar-refractivity contribution in [3.8, 4) is 5.88 Å². The maximum atomic E-state index is 12.4. The van der Waals surface area contributed by atoms with Crippen LogP contribution in [-0.2, 0) is 20.7 Å². The fraction of sp³-hybridized carbons (Fsp3) is 0.476. The molecule has 1 N–H and O–H groups in total. The zero-order valence-corrected chi connectivity index (χ0v) is 17.9. The Morgan fingerprint density at radius 1 is 1.25 bits per heavy atom. The maximum Gasteiger partial charge on any atom is 0.490 e. The molecule has 4 rings (SSSR count). The van der Waals surface area contributed by atoms with Crippen molar-refractivity contribution in [2.45, 2.75) is 43.6 Å². The van der Waals surface area contributed by atoms with Crippen LogP contribution in [0.5, 0.6) is 5.88 Å². The predicted octanol–water partition coefficient (Wildman–Crippen LogP) is 3.55. The van der Waals surface area contributed by atoms with E-state index in [0.717, 1.165) is 37.2 Å². The van der Waals surface area contributed by atoms with Gasteiger partial charge in [-0.15, -0.1) is 11.3 Å². The molecule has 1 spiro atoms. The molecular formula is C21H23F3N2O5S. The summed E-state index contributed by atoms with van der Waals surface area (Å²) in [5.41, 5.74) is -0.140. The standard InChI is InChI=1S/C19H22N2O3S.C2HF3O2/c22-18(12-16-4-3-11-25-16)21-9-6-19(7-10-21)13-15(14-23-19)24-17-5-1-2-8-20-17;3-2(4,5)1(6)7/h1-5,8,11,15H,6-7,9-10,12-14H2;(H,6,7). The van der Waals surface area contributed by atoms with Crippen LogP contribution in [0.3, 0.4) is 0 Å². The molecule has 0 saturated carbocycles. The fourth-order valence-electron chi connectivity index (χ4n) is 3.65. The Bertz CT molecular complexity index is 885. The zero-order valence-electron chi connectivity index (χ0n) is 17.1. The molecule has 32 heavy (non-hydrogen) atoms. The number of carbonyl (C=O) groups is 2. The molecule has 174 valence electrons. The van der Waals surface area contributed by atoms with Crippen LogP contribution < -0.4 is 4.74 Å². The number of carboxylic acid groups (broad SMARTS) is 1. The number of nitrogens with zero attached hydrogens (tertiary/aromatic N) is 2. The van der Waals surface area contributed by atoms with E-state index in [1.165, 1.54) is 0 Å². The van der Waals surface area contributed by atoms with Crippen molar-refractivity contribution in [3.63, 3.8) is 0 Å². The van der Waals surface area contributed by atoms with Crippen LogP contribution in [0.1, 0.15) is 24.1 Å². The van der Waals surface area contributed by atoms with Gasteiger partial charge in [-0.1, -0.05) is 12.1 Å². The van der Waals surface area contributed by atoms with Crippen LogP contribution in [0.25, 0.3) is 0 Å². The van der Waals surface area contributed by atoms with Gasteiger partial charge in [0, 0.05) is 36.7 Å². The van der Waals surface area contributed by atoms with Crippen LogP contribution in [0, 0.1) is 0 Å². The van der Waals surface area contributed by atoms with Crippen molar-refractivity contribution in [3.05, 3.63) is 46.8 Å². The number of thiophene rings is 1. The minimum atomic E-state index is -5.08. The summed E-state index contributed by atoms with van der Waals surface area (Å²) in [5.74, 6) is -1.89. The predicted molar refractivity (Wildman–Crippen MR) is 109 cm³/mol. The number of pyridine rings is 1. The Balaban J connectivity index is 0.000000360. The van der Waals surface area contributed by atoms with Gasteiger partial charge in [0.15, 0.2) is 0 Å². The van der Waals surface area contributed by atoms with E-state index in [1.54, 1.807) is 17.5 Å². The third kappa shape index (κ3) is 6.67. The summed E-state index contributed by atoms with van der Waals surface area (Å²) >= 11 is 1.64. The van der Waals surface area contributed by atoms with Crippen LogP contribution >= 0.6 is 11.3 Å². The quantitative estimate of drug-likeness (QED) is 0.732. The van der Waals surface area contributed by atoms with E-state index in [4.69, 9.17) is 19.4 Å². The number of halogens is 3. The van der Waals surface area contributed by atoms with E-state index in [-0.39, 0.29) is 17.6 Å². The molecule has 0 bridgehead atoms. The number of carbonyl (C=O) groups excluding carboxylic acids is 1. The van der Waals surface area contributed by atoms with E-state index in [9.17, 15) is 18.0 Å². The first-order chi connectivity index (χ1) is 15.2. The van der Waals surface area contributed by atoms with Gasteiger partial charge in [0.2, 0.25) is 11.8 Å². The van der Waals surface area contributed by atoms with Gasteiger partial charge < -0.3 is 19.5 Å². The number of piperidine rings is 1. The van der Waals surface area contributed by atoms with Crippen molar-refractivity contribution < 1.29 is 37.3 Å². The first-order valence-electron chi connectivity index (χ1n) is 9.99. The van der Waals surface area contributed by atoms with Gasteiger partial charge in [-0.2, -0.15) is 13.2 Å². The first-order valence-corrected chi connectivity index (χ1v) is 10.9. The van der Waals surface area contributed by atoms with Crippen molar-refractivity contribution in [2.24, 2.45) is 0 Å². The molecular weight excluding hydrogens is 449 g/mol. The number of alkyl halides is 3. The second-order valence-corrected chi connectivity index (χ2v) is 8.58. The molecule has 2 fully saturated rings. The molecule has 2 aromatic heterocycles. The Labute approximate surface area is 186 Å². The Morgan fingerprint density at radius 3 is 2.53 bits per heavy atom. The van der Waals surface area contributed by atoms with Crippen molar-refractivity contribution >= 4 is 23.2 Å². The largest absolute Gasteiger partial charge is 0.490 e. The first kappa shape index (κ1) is 24.0. The number of amides is 1. The average Bonchev–Trinajstić information content (AvgIpc) is 3.39. The lowest BCUT2D eigenvalue weighted by molar-refractivity contribution is -0.192. The van der Waals surface area contributed by atoms with E-state index in [2.05, 4.69) is 4.98 Å². The molecule has 2 aliphatic heterocycles. The number of rotatable bonds is 4. The van der Waals surface area contributed by atoms with E-state index in [0.29, 0.717) is 18.9 Å². The number of ether oxygens (including phenoxy) is 2. The lowest BCUT2D eigenvalue weighted by atomic mass is 9.88. The lowest BCUT2D eigenvalue weighted by Crippen LogP contribution is -2.47. The fourth-order valence-corrected chi connectivity index (χ4v) is 4.35. The third-order valence-corrected chi connectivity index (χ3v) is 6.15. The van der Waals surface area contributed by atoms with Gasteiger partial charge in [0.1, 0.15) is 6.10 Å². The van der Waals surface area contributed by atoms with Crippen molar-refractivity contribution in [1.29, 1.82) is 0 Å². The summed E-state index contributed by atoms with van der Waals surface area (Å²) in [6.45, 7) is 2.13. The van der Waals surface area contributed by atoms with Crippen LogP contribution in [0.4, 0.5) is 13.2 Å². The van der Waals surface area contributed by atoms with Gasteiger partial charge >= 0.3 is 12.1 Å². The minimum Gasteiger partial charge on any atom is -0.475 e. The summed E-state index contributed by atoms with van der Waals surface area (Å²) in [7, 11) is 0. The van der Waals surface area contributed by atoms with Gasteiger partial charge in [0.05, 0.1) is 18.6 Å². The van der Waals surface area contributed by atoms with Crippen LogP contribution in [0.2, 0.25) is 0 Å². The Hall–Kier alpha value is -2.66. The topological polar surface area (TPSA) is 89.0 Å². The lowest BCUT2D eigenvalue weighted by Gasteiger charge is -2.38. The number of hydrogen-bond acceptors (Lipinski definition) is 6. The average molecular weight is 472 g/mol. The Morgan fingerprint density at radius 2 is 1.97 bits per heavy atom. The molecule has 0 aliphatic carbocycles. The molecule has 4 heterocycles. The van der Waals surface area contributed by atoms with Gasteiger partial charge in [-0.05, 0) is 30.4 Å². The third-order valence-electron chi connectivity index (χ3n) is 5.28. The van der Waals surface area contributed by atoms with E-state index in [1.807, 2.05) is 40.6 Å². The highest BCUT2D eigenvalue weighted by Gasteiger charge is 2.44. The highest BCUT2D eigenvalue weighted by atomic mass is 32.1. The van der Waals surface area contributed by atoms with Crippen LogP contribution in [0.15, 0.2) is 41.9 Å². The molecule has 2 aliphatic rings. The number of carboxylic acids is 1. The maximum absolute atomic E-state index is 12.4. The molecule has 1 unspecified atom stereocenters. The number of likely N-dealkylation sites (tertiary alicyclic amines) is 1. The molecule has 1 amide bonds. The highest BCUT2D eigenvalue weighted by Crippen LogP contribution is 2.37. The van der Waals surface area contributed by atoms with Crippen molar-refractivity contribution in [2.75, 3.05) is 19.7 Å². The molecule has 0 radical (unpaired) electrons. The zero-order chi connectivity index (χ0) is 23.2. The van der Waals surface area contributed by atoms with Crippen molar-refractivity contribution in [1.82, 2.24) is 9.88 Å². The molecule has 7 nitrogen and oxygen atoms in total. The summed E-state index contributed by atoms with van der Waals surface area (Å²) in [6.07, 6.45) is -0.161. The second-order valence-electron chi connectivity index (χ2n) is 7.55. The summed E-state index contributed by atoms with van der Waals surface area (Å²) < 4.78 is 43.8. The number of hydrogen-bond donors (Lipinski definition) is 1. The molecule has 1 atom stereocenters. The SMILES string of the molecule is O=C(Cc1cccs1)N1CCC2(CC1)CC(Oc1ccccn1)CO2.O=C(O)C(F)(F)F. The Kier molecular flexibility index (Phi) is 7.73. The summed E-state index contributed by atoms with van der Waals surface area (Å²) in [6, 6.07) is 9.69.